The molecule has 0 aliphatic carbocycles. The summed E-state index contributed by atoms with van der Waals surface area (Å²) < 4.78 is 9.29. The number of hydrogen-bond acceptors (Lipinski definition) is 4. The van der Waals surface area contributed by atoms with Crippen molar-refractivity contribution in [1.29, 1.82) is 5.26 Å². The Hall–Kier alpha value is -1.08. The molecule has 4 heteroatoms. The van der Waals surface area contributed by atoms with Gasteiger partial charge >= 0.3 is 5.97 Å². The summed E-state index contributed by atoms with van der Waals surface area (Å²) in [5, 5.41) is 8.52. The smallest absolute Gasteiger partial charge is 0.305 e. The normalized spacial score (nSPS) is 27.3. The van der Waals surface area contributed by atoms with Crippen molar-refractivity contribution in [1.82, 2.24) is 0 Å². The van der Waals surface area contributed by atoms with Gasteiger partial charge in [0.05, 0.1) is 13.7 Å². The van der Waals surface area contributed by atoms with Crippen LogP contribution in [0.4, 0.5) is 0 Å². The van der Waals surface area contributed by atoms with Crippen LogP contribution >= 0.6 is 0 Å². The second-order valence-corrected chi connectivity index (χ2v) is 2.47. The van der Waals surface area contributed by atoms with Crippen molar-refractivity contribution in [3.8, 4) is 6.07 Å². The summed E-state index contributed by atoms with van der Waals surface area (Å²) in [5.74, 6) is -0.296. The average molecular weight is 155 g/mol. The van der Waals surface area contributed by atoms with Crippen molar-refractivity contribution in [2.24, 2.45) is 0 Å². The largest absolute Gasteiger partial charge is 0.469 e. The first-order valence-corrected chi connectivity index (χ1v) is 3.34. The highest BCUT2D eigenvalue weighted by molar-refractivity contribution is 5.69. The van der Waals surface area contributed by atoms with Gasteiger partial charge in [0, 0.05) is 12.8 Å². The van der Waals surface area contributed by atoms with E-state index in [4.69, 9.17) is 10.00 Å². The minimum absolute atomic E-state index is 0.254. The van der Waals surface area contributed by atoms with Gasteiger partial charge in [-0.1, -0.05) is 0 Å². The number of ether oxygens (including phenoxy) is 2. The molecule has 0 radical (unpaired) electrons. The minimum Gasteiger partial charge on any atom is -0.469 e. The van der Waals surface area contributed by atoms with Crippen molar-refractivity contribution in [2.75, 3.05) is 13.7 Å². The molecule has 60 valence electrons. The molecule has 0 saturated carbocycles. The lowest BCUT2D eigenvalue weighted by atomic mass is 10.1. The van der Waals surface area contributed by atoms with Gasteiger partial charge in [-0.25, -0.2) is 0 Å². The number of carbonyl (C=O) groups excluding carboxylic acids is 1. The van der Waals surface area contributed by atoms with E-state index in [1.54, 1.807) is 0 Å². The molecule has 1 saturated heterocycles. The molecule has 0 amide bonds. The summed E-state index contributed by atoms with van der Waals surface area (Å²) in [6.07, 6.45) is 0.695. The van der Waals surface area contributed by atoms with Crippen LogP contribution in [0.15, 0.2) is 0 Å². The first-order valence-electron chi connectivity index (χ1n) is 3.34. The third-order valence-electron chi connectivity index (χ3n) is 1.66. The lowest BCUT2D eigenvalue weighted by molar-refractivity contribution is -0.140. The predicted octanol–water partition coefficient (Wildman–Crippen LogP) is 0.232. The molecule has 4 nitrogen and oxygen atoms in total. The van der Waals surface area contributed by atoms with E-state index < -0.39 is 5.60 Å². The summed E-state index contributed by atoms with van der Waals surface area (Å²) in [7, 11) is 1.33. The van der Waals surface area contributed by atoms with Crippen LogP contribution in [0.2, 0.25) is 0 Å². The second kappa shape index (κ2) is 2.89. The Kier molecular flexibility index (Phi) is 2.11. The molecule has 0 aromatic carbocycles. The Morgan fingerprint density at radius 2 is 2.55 bits per heavy atom. The Morgan fingerprint density at radius 1 is 1.91 bits per heavy atom. The maximum absolute atomic E-state index is 10.6. The molecule has 1 atom stereocenters. The van der Waals surface area contributed by atoms with Crippen LogP contribution in [0, 0.1) is 11.3 Å². The first kappa shape index (κ1) is 8.02. The van der Waals surface area contributed by atoms with Gasteiger partial charge in [0.15, 0.2) is 5.60 Å². The Balaban J connectivity index is 2.23. The lowest BCUT2D eigenvalue weighted by Crippen LogP contribution is -2.11. The van der Waals surface area contributed by atoms with E-state index in [9.17, 15) is 4.79 Å². The Labute approximate surface area is 64.7 Å². The molecular weight excluding hydrogens is 146 g/mol. The number of nitrogens with zero attached hydrogens (tertiary/aromatic N) is 1. The molecule has 1 aliphatic heterocycles. The fourth-order valence-electron chi connectivity index (χ4n) is 0.758. The maximum atomic E-state index is 10.6. The quantitative estimate of drug-likeness (QED) is 0.432. The summed E-state index contributed by atoms with van der Waals surface area (Å²) in [5.41, 5.74) is -0.672. The van der Waals surface area contributed by atoms with Crippen molar-refractivity contribution in [3.05, 3.63) is 0 Å². The molecular formula is C7H9NO3. The van der Waals surface area contributed by atoms with Gasteiger partial charge in [0.1, 0.15) is 6.07 Å². The van der Waals surface area contributed by atoms with E-state index in [1.807, 2.05) is 6.07 Å². The van der Waals surface area contributed by atoms with Gasteiger partial charge < -0.3 is 9.47 Å². The molecule has 1 fully saturated rings. The number of hydrogen-bond donors (Lipinski definition) is 0. The lowest BCUT2D eigenvalue weighted by Gasteiger charge is -1.99. The monoisotopic (exact) mass is 155 g/mol. The molecule has 0 N–H and O–H groups in total. The van der Waals surface area contributed by atoms with Crippen LogP contribution in [-0.4, -0.2) is 25.3 Å². The van der Waals surface area contributed by atoms with E-state index in [1.165, 1.54) is 7.11 Å². The number of carbonyl (C=O) groups is 1. The van der Waals surface area contributed by atoms with Crippen LogP contribution in [0.1, 0.15) is 12.8 Å². The van der Waals surface area contributed by atoms with Gasteiger partial charge in [-0.15, -0.1) is 0 Å². The van der Waals surface area contributed by atoms with E-state index in [2.05, 4.69) is 4.74 Å². The van der Waals surface area contributed by atoms with Gasteiger partial charge in [-0.2, -0.15) is 5.26 Å². The zero-order chi connectivity index (χ0) is 8.32. The second-order valence-electron chi connectivity index (χ2n) is 2.47. The molecule has 1 aliphatic rings. The van der Waals surface area contributed by atoms with Crippen LogP contribution in [0.25, 0.3) is 0 Å². The molecule has 1 unspecified atom stereocenters. The standard InChI is InChI=1S/C7H9NO3/c1-10-6(9)2-3-7(4-8)5-11-7/h2-3,5H2,1H3. The van der Waals surface area contributed by atoms with Crippen molar-refractivity contribution >= 4 is 5.97 Å². The third kappa shape index (κ3) is 1.92. The van der Waals surface area contributed by atoms with E-state index in [0.29, 0.717) is 13.0 Å². The van der Waals surface area contributed by atoms with Crippen molar-refractivity contribution < 1.29 is 14.3 Å². The van der Waals surface area contributed by atoms with Gasteiger partial charge in [0.2, 0.25) is 0 Å². The molecule has 1 rings (SSSR count). The molecule has 0 bridgehead atoms. The van der Waals surface area contributed by atoms with Crippen LogP contribution in [0.3, 0.4) is 0 Å². The van der Waals surface area contributed by atoms with Crippen molar-refractivity contribution in [3.63, 3.8) is 0 Å². The highest BCUT2D eigenvalue weighted by Crippen LogP contribution is 2.30. The number of nitriles is 1. The minimum atomic E-state index is -0.672. The summed E-state index contributed by atoms with van der Waals surface area (Å²) in [4.78, 5) is 10.6. The van der Waals surface area contributed by atoms with Crippen LogP contribution in [0.5, 0.6) is 0 Å². The van der Waals surface area contributed by atoms with E-state index in [-0.39, 0.29) is 12.4 Å². The highest BCUT2D eigenvalue weighted by atomic mass is 16.6. The molecule has 0 spiro atoms. The van der Waals surface area contributed by atoms with Crippen molar-refractivity contribution in [2.45, 2.75) is 18.4 Å². The van der Waals surface area contributed by atoms with Crippen LogP contribution < -0.4 is 0 Å². The molecule has 0 aromatic heterocycles. The topological polar surface area (TPSA) is 62.6 Å². The SMILES string of the molecule is COC(=O)CCC1(C#N)CO1. The molecule has 1 heterocycles. The number of esters is 1. The number of epoxide rings is 1. The van der Waals surface area contributed by atoms with Gasteiger partial charge in [-0.05, 0) is 0 Å². The third-order valence-corrected chi connectivity index (χ3v) is 1.66. The van der Waals surface area contributed by atoms with Crippen LogP contribution in [-0.2, 0) is 14.3 Å². The summed E-state index contributed by atoms with van der Waals surface area (Å²) in [6.45, 7) is 0.445. The fraction of sp³-hybridized carbons (Fsp3) is 0.714. The Bertz CT molecular complexity index is 202. The molecule has 0 aromatic rings. The number of rotatable bonds is 3. The maximum Gasteiger partial charge on any atom is 0.305 e. The summed E-state index contributed by atoms with van der Waals surface area (Å²) >= 11 is 0. The predicted molar refractivity (Wildman–Crippen MR) is 35.5 cm³/mol. The van der Waals surface area contributed by atoms with E-state index in [0.717, 1.165) is 0 Å². The molecule has 11 heavy (non-hydrogen) atoms. The Morgan fingerprint density at radius 3 is 2.91 bits per heavy atom. The van der Waals surface area contributed by atoms with E-state index >= 15 is 0 Å². The van der Waals surface area contributed by atoms with Gasteiger partial charge in [-0.3, -0.25) is 4.79 Å². The first-order chi connectivity index (χ1) is 5.22. The number of methoxy groups -OCH3 is 1. The fourth-order valence-corrected chi connectivity index (χ4v) is 0.758. The zero-order valence-electron chi connectivity index (χ0n) is 6.29. The zero-order valence-corrected chi connectivity index (χ0v) is 6.29. The average Bonchev–Trinajstić information content (AvgIpc) is 2.81. The van der Waals surface area contributed by atoms with Gasteiger partial charge in [0.25, 0.3) is 0 Å². The highest BCUT2D eigenvalue weighted by Gasteiger charge is 2.45. The summed E-state index contributed by atoms with van der Waals surface area (Å²) in [6, 6.07) is 2.00.